The Morgan fingerprint density at radius 1 is 0.319 bits per heavy atom. The van der Waals surface area contributed by atoms with Crippen LogP contribution in [0.4, 0.5) is 0 Å². The Balaban J connectivity index is 0.00000520. The predicted octanol–water partition coefficient (Wildman–Crippen LogP) is 14.1. The first-order valence-corrected chi connectivity index (χ1v) is 24.6. The van der Waals surface area contributed by atoms with E-state index in [2.05, 4.69) is 237 Å². The molecule has 0 atom stereocenters. The molecule has 8 bridgehead atoms. The largest absolute Gasteiger partial charge is 2.00 e. The van der Waals surface area contributed by atoms with E-state index in [-0.39, 0.29) is 16.5 Å². The number of aromatic nitrogens is 4. The Morgan fingerprint density at radius 2 is 0.623 bits per heavy atom. The van der Waals surface area contributed by atoms with E-state index in [0.29, 0.717) is 0 Å². The van der Waals surface area contributed by atoms with Gasteiger partial charge in [0.15, 0.2) is 0 Å². The fourth-order valence-corrected chi connectivity index (χ4v) is 13.1. The van der Waals surface area contributed by atoms with Gasteiger partial charge in [-0.1, -0.05) is 237 Å². The van der Waals surface area contributed by atoms with Crippen LogP contribution in [0.2, 0.25) is 0 Å². The van der Waals surface area contributed by atoms with Gasteiger partial charge in [0.1, 0.15) is 0 Å². The van der Waals surface area contributed by atoms with Crippen molar-refractivity contribution >= 4 is 69.0 Å². The summed E-state index contributed by atoms with van der Waals surface area (Å²) in [4.78, 5) is 22.4. The van der Waals surface area contributed by atoms with Crippen LogP contribution in [0.5, 0.6) is 0 Å². The van der Waals surface area contributed by atoms with Crippen LogP contribution in [0.3, 0.4) is 0 Å². The van der Waals surface area contributed by atoms with E-state index < -0.39 is 7.05 Å². The minimum Gasteiger partial charge on any atom is -0.657 e. The molecule has 0 amide bonds. The molecule has 7 heteroatoms. The number of hydrogen-bond donors (Lipinski definition) is 0. The van der Waals surface area contributed by atoms with Gasteiger partial charge in [-0.15, -0.1) is 22.1 Å². The zero-order valence-corrected chi connectivity index (χ0v) is 39.1. The number of hydrogen-bond acceptors (Lipinski definition) is 3. The third kappa shape index (κ3) is 8.04. The Kier molecular flexibility index (Phi) is 11.9. The molecule has 0 saturated heterocycles. The molecule has 0 fully saturated rings. The molecule has 2 aliphatic rings. The van der Waals surface area contributed by atoms with E-state index >= 15 is 0 Å². The molecule has 0 saturated carbocycles. The molecule has 5 nitrogen and oxygen atoms in total. The normalized spacial score (nSPS) is 12.0. The molecule has 0 spiro atoms. The standard InChI is InChI=1S/C62H42N5P.Ni/c1-8-22-43(23-9-1)58-50-36-37-51(63-50)59(44-24-10-2-11-25-44)53-40-41-55(65-53)61(46-28-14-4-15-29-46)62-57(42-56(66-62)60(45-26-12-3-13-27-45)54-39-38-52(58)64-54)67-68(47-30-16-5-17-31-47,48-32-18-6-19-33-48)49-34-20-7-21-35-49;/h1-42H;/q-2;+2. The Hall–Kier alpha value is -8.14. The first-order chi connectivity index (χ1) is 33.7. The summed E-state index contributed by atoms with van der Waals surface area (Å²) in [5.74, 6) is 0. The molecule has 7 aromatic carbocycles. The van der Waals surface area contributed by atoms with Crippen LogP contribution in [0.25, 0.3) is 90.5 Å². The maximum absolute atomic E-state index is 6.21. The van der Waals surface area contributed by atoms with E-state index in [4.69, 9.17) is 24.7 Å². The van der Waals surface area contributed by atoms with Gasteiger partial charge in [0.2, 0.25) is 0 Å². The average molecular weight is 947 g/mol. The number of rotatable bonds is 8. The second kappa shape index (κ2) is 18.9. The molecule has 3 aromatic heterocycles. The van der Waals surface area contributed by atoms with Crippen LogP contribution in [-0.2, 0) is 16.5 Å². The summed E-state index contributed by atoms with van der Waals surface area (Å²) in [6.45, 7) is 0. The summed E-state index contributed by atoms with van der Waals surface area (Å²) in [7, 11) is -2.79. The number of benzene rings is 7. The Morgan fingerprint density at radius 3 is 0.986 bits per heavy atom. The molecule has 330 valence electrons. The molecule has 0 aliphatic carbocycles. The molecular formula is C62H42N5NiP. The van der Waals surface area contributed by atoms with Gasteiger partial charge in [0.25, 0.3) is 0 Å². The molecule has 0 N–H and O–H groups in total. The fourth-order valence-electron chi connectivity index (χ4n) is 9.54. The first kappa shape index (κ1) is 43.4. The average Bonchev–Trinajstić information content (AvgIpc) is 4.26. The van der Waals surface area contributed by atoms with Crippen LogP contribution < -0.4 is 25.9 Å². The zero-order chi connectivity index (χ0) is 45.3. The summed E-state index contributed by atoms with van der Waals surface area (Å²) in [6.07, 6.45) is 6.41. The summed E-state index contributed by atoms with van der Waals surface area (Å²) >= 11 is 0. The van der Waals surface area contributed by atoms with Gasteiger partial charge in [-0.3, -0.25) is 4.74 Å². The summed E-state index contributed by atoms with van der Waals surface area (Å²) < 4.78 is 6.21. The molecule has 10 aromatic rings. The second-order valence-electron chi connectivity index (χ2n) is 16.7. The van der Waals surface area contributed by atoms with Gasteiger partial charge in [0.05, 0.1) is 35.5 Å². The van der Waals surface area contributed by atoms with Crippen LogP contribution in [0.15, 0.2) is 241 Å². The summed E-state index contributed by atoms with van der Waals surface area (Å²) in [5.41, 5.74) is 14.8. The van der Waals surface area contributed by atoms with Gasteiger partial charge < -0.3 is 9.97 Å². The van der Waals surface area contributed by atoms with Gasteiger partial charge in [-0.2, -0.15) is 0 Å². The summed E-state index contributed by atoms with van der Waals surface area (Å²) in [6, 6.07) is 82.7. The van der Waals surface area contributed by atoms with E-state index in [1.165, 1.54) is 0 Å². The maximum atomic E-state index is 6.21. The van der Waals surface area contributed by atoms with E-state index in [1.54, 1.807) is 0 Å². The van der Waals surface area contributed by atoms with Gasteiger partial charge in [-0.25, -0.2) is 9.97 Å². The van der Waals surface area contributed by atoms with E-state index in [1.807, 2.05) is 18.2 Å². The number of fused-ring (bicyclic) bond motifs is 8. The van der Waals surface area contributed by atoms with Crippen LogP contribution in [0, 0.1) is 0 Å². The minimum atomic E-state index is -2.79. The first-order valence-electron chi connectivity index (χ1n) is 22.8. The van der Waals surface area contributed by atoms with Crippen molar-refractivity contribution in [3.05, 3.63) is 259 Å². The topological polar surface area (TPSA) is 66.3 Å². The van der Waals surface area contributed by atoms with Crippen molar-refractivity contribution in [1.82, 2.24) is 19.9 Å². The number of nitrogens with zero attached hydrogens (tertiary/aromatic N) is 5. The third-order valence-corrected chi connectivity index (χ3v) is 16.2. The minimum absolute atomic E-state index is 0. The Labute approximate surface area is 411 Å². The van der Waals surface area contributed by atoms with Crippen molar-refractivity contribution in [2.24, 2.45) is 4.74 Å². The van der Waals surface area contributed by atoms with Gasteiger partial charge >= 0.3 is 16.5 Å². The van der Waals surface area contributed by atoms with Crippen LogP contribution in [0.1, 0.15) is 22.8 Å². The SMILES string of the molecule is C1=Cc2nc1c(-c1ccccc1)c1ccc([n-]1)c(-c1ccccc1)c1nc(c(-c3ccccc3)c3ccc([n-]3)c2-c2ccccc2)C(N=P(c2ccccc2)(c2ccccc2)c2ccccc2)=C1.[Ni+2]. The van der Waals surface area contributed by atoms with E-state index in [9.17, 15) is 0 Å². The molecule has 5 heterocycles. The molecule has 0 unspecified atom stereocenters. The smallest absolute Gasteiger partial charge is 0.657 e. The van der Waals surface area contributed by atoms with Gasteiger partial charge in [-0.05, 0) is 62.7 Å². The van der Waals surface area contributed by atoms with Gasteiger partial charge in [0, 0.05) is 15.9 Å². The molecule has 0 radical (unpaired) electrons. The van der Waals surface area contributed by atoms with Crippen LogP contribution >= 0.6 is 7.05 Å². The molecule has 2 aliphatic heterocycles. The van der Waals surface area contributed by atoms with Crippen LogP contribution in [-0.4, -0.2) is 9.97 Å². The predicted molar refractivity (Wildman–Crippen MR) is 285 cm³/mol. The summed E-state index contributed by atoms with van der Waals surface area (Å²) in [5, 5.41) is 3.42. The molecule has 12 rings (SSSR count). The third-order valence-electron chi connectivity index (χ3n) is 12.6. The van der Waals surface area contributed by atoms with Crippen molar-refractivity contribution < 1.29 is 16.5 Å². The van der Waals surface area contributed by atoms with Crippen molar-refractivity contribution in [3.63, 3.8) is 0 Å². The van der Waals surface area contributed by atoms with Crippen molar-refractivity contribution in [3.8, 4) is 44.5 Å². The van der Waals surface area contributed by atoms with Crippen molar-refractivity contribution in [2.45, 2.75) is 0 Å². The monoisotopic (exact) mass is 945 g/mol. The zero-order valence-electron chi connectivity index (χ0n) is 37.2. The quantitative estimate of drug-likeness (QED) is 0.112. The van der Waals surface area contributed by atoms with Crippen molar-refractivity contribution in [1.29, 1.82) is 0 Å². The molecule has 69 heavy (non-hydrogen) atoms. The molecular weight excluding hydrogens is 904 g/mol. The Bertz CT molecular complexity index is 3650. The maximum Gasteiger partial charge on any atom is 2.00 e. The van der Waals surface area contributed by atoms with Crippen molar-refractivity contribution in [2.75, 3.05) is 0 Å². The second-order valence-corrected chi connectivity index (χ2v) is 19.7. The fraction of sp³-hybridized carbons (Fsp3) is 0. The van der Waals surface area contributed by atoms with E-state index in [0.717, 1.165) is 111 Å².